The maximum Gasteiger partial charge on any atom is 0.254 e. The third kappa shape index (κ3) is 4.29. The Hall–Kier alpha value is -3.33. The van der Waals surface area contributed by atoms with E-state index in [0.29, 0.717) is 56.9 Å². The minimum Gasteiger partial charge on any atom is -0.491 e. The number of hydrogen-bond donors (Lipinski definition) is 3. The number of carbonyl (C=O) groups is 1. The molecule has 3 aliphatic rings. The Morgan fingerprint density at radius 2 is 1.94 bits per heavy atom. The summed E-state index contributed by atoms with van der Waals surface area (Å²) in [6.45, 7) is 5.04. The number of nitrogens with one attached hydrogen (secondary N) is 3. The maximum atomic E-state index is 13.2. The second kappa shape index (κ2) is 9.37. The van der Waals surface area contributed by atoms with Crippen molar-refractivity contribution >= 4 is 34.4 Å². The number of aromatic amines is 1. The van der Waals surface area contributed by atoms with Crippen LogP contribution in [-0.4, -0.2) is 64.7 Å². The lowest BCUT2D eigenvalue weighted by Gasteiger charge is -2.27. The van der Waals surface area contributed by atoms with Crippen LogP contribution in [0.3, 0.4) is 0 Å². The number of hydrogen-bond acceptors (Lipinski definition) is 7. The molecule has 1 saturated carbocycles. The van der Waals surface area contributed by atoms with Gasteiger partial charge in [-0.25, -0.2) is 0 Å². The molecule has 0 atom stereocenters. The molecule has 1 saturated heterocycles. The van der Waals surface area contributed by atoms with Gasteiger partial charge in [0, 0.05) is 42.9 Å². The second-order valence-electron chi connectivity index (χ2n) is 9.67. The number of amides is 1. The van der Waals surface area contributed by atoms with Crippen LogP contribution in [0, 0.1) is 6.92 Å². The van der Waals surface area contributed by atoms with Crippen LogP contribution in [0.25, 0.3) is 11.0 Å². The molecule has 2 aromatic heterocycles. The van der Waals surface area contributed by atoms with Gasteiger partial charge in [0.25, 0.3) is 5.91 Å². The van der Waals surface area contributed by atoms with Crippen LogP contribution >= 0.6 is 0 Å². The monoisotopic (exact) mass is 476 g/mol. The predicted octanol–water partition coefficient (Wildman–Crippen LogP) is 4.16. The highest BCUT2D eigenvalue weighted by Crippen LogP contribution is 2.38. The Morgan fingerprint density at radius 3 is 2.77 bits per heavy atom. The number of H-pyrrole nitrogens is 1. The van der Waals surface area contributed by atoms with Crippen molar-refractivity contribution in [2.45, 2.75) is 51.5 Å². The van der Waals surface area contributed by atoms with Crippen LogP contribution in [-0.2, 0) is 11.2 Å². The number of nitrogens with zero attached hydrogens (tertiary/aromatic N) is 3. The number of aryl methyl sites for hydroxylation is 1. The third-order valence-corrected chi connectivity index (χ3v) is 7.31. The molecular weight excluding hydrogens is 444 g/mol. The van der Waals surface area contributed by atoms with Gasteiger partial charge in [0.2, 0.25) is 5.95 Å². The van der Waals surface area contributed by atoms with Gasteiger partial charge in [0.05, 0.1) is 30.9 Å². The van der Waals surface area contributed by atoms with E-state index in [1.54, 1.807) is 0 Å². The first kappa shape index (κ1) is 22.2. The molecule has 4 heterocycles. The zero-order valence-electron chi connectivity index (χ0n) is 20.2. The lowest BCUT2D eigenvalue weighted by atomic mass is 9.95. The van der Waals surface area contributed by atoms with Crippen LogP contribution in [0.2, 0.25) is 0 Å². The third-order valence-electron chi connectivity index (χ3n) is 7.31. The summed E-state index contributed by atoms with van der Waals surface area (Å²) in [4.78, 5) is 27.9. The van der Waals surface area contributed by atoms with E-state index in [1.165, 1.54) is 19.3 Å². The SMILES string of the molecule is Cc1c[nH]c2nc(Nc3ccc(C(=O)N4CCOCC4)c4c3OCC4)nc(NC3CCCCC3)c12. The quantitative estimate of drug-likeness (QED) is 0.508. The fraction of sp³-hybridized carbons (Fsp3) is 0.500. The predicted molar refractivity (Wildman–Crippen MR) is 135 cm³/mol. The van der Waals surface area contributed by atoms with Gasteiger partial charge in [-0.2, -0.15) is 9.97 Å². The average molecular weight is 477 g/mol. The van der Waals surface area contributed by atoms with E-state index >= 15 is 0 Å². The number of carbonyl (C=O) groups excluding carboxylic acids is 1. The Bertz CT molecular complexity index is 1240. The van der Waals surface area contributed by atoms with Crippen molar-refractivity contribution < 1.29 is 14.3 Å². The van der Waals surface area contributed by atoms with E-state index in [1.807, 2.05) is 23.2 Å². The van der Waals surface area contributed by atoms with E-state index < -0.39 is 0 Å². The molecule has 184 valence electrons. The molecule has 1 aliphatic carbocycles. The number of ether oxygens (including phenoxy) is 2. The lowest BCUT2D eigenvalue weighted by Crippen LogP contribution is -2.41. The minimum absolute atomic E-state index is 0.0418. The highest BCUT2D eigenvalue weighted by atomic mass is 16.5. The summed E-state index contributed by atoms with van der Waals surface area (Å²) in [5.74, 6) is 2.12. The fourth-order valence-corrected chi connectivity index (χ4v) is 5.44. The van der Waals surface area contributed by atoms with Crippen molar-refractivity contribution in [1.29, 1.82) is 0 Å². The highest BCUT2D eigenvalue weighted by Gasteiger charge is 2.28. The number of benzene rings is 1. The number of morpholine rings is 1. The van der Waals surface area contributed by atoms with Crippen molar-refractivity contribution in [2.24, 2.45) is 0 Å². The van der Waals surface area contributed by atoms with Crippen molar-refractivity contribution in [1.82, 2.24) is 19.9 Å². The van der Waals surface area contributed by atoms with Gasteiger partial charge in [-0.15, -0.1) is 0 Å². The van der Waals surface area contributed by atoms with E-state index in [9.17, 15) is 4.79 Å². The number of fused-ring (bicyclic) bond motifs is 2. The van der Waals surface area contributed by atoms with E-state index in [4.69, 9.17) is 19.4 Å². The van der Waals surface area contributed by atoms with Crippen LogP contribution in [0.1, 0.15) is 53.6 Å². The first-order chi connectivity index (χ1) is 17.2. The molecule has 3 aromatic rings. The van der Waals surface area contributed by atoms with E-state index in [-0.39, 0.29) is 5.91 Å². The van der Waals surface area contributed by atoms with E-state index in [0.717, 1.165) is 52.3 Å². The molecule has 1 amide bonds. The largest absolute Gasteiger partial charge is 0.491 e. The summed E-state index contributed by atoms with van der Waals surface area (Å²) in [7, 11) is 0. The normalized spacial score (nSPS) is 18.4. The Morgan fingerprint density at radius 1 is 1.11 bits per heavy atom. The Labute approximate surface area is 204 Å². The molecule has 3 N–H and O–H groups in total. The van der Waals surface area contributed by atoms with Crippen LogP contribution in [0.4, 0.5) is 17.5 Å². The van der Waals surface area contributed by atoms with Gasteiger partial charge in [-0.3, -0.25) is 4.79 Å². The smallest absolute Gasteiger partial charge is 0.254 e. The standard InChI is InChI=1S/C26H32N6O3/c1-16-15-27-23-21(16)24(28-17-5-3-2-4-6-17)31-26(30-23)29-20-8-7-19(18-9-12-35-22(18)20)25(33)32-10-13-34-14-11-32/h7-8,15,17H,2-6,9-14H2,1H3,(H3,27,28,29,30,31). The molecule has 2 aliphatic heterocycles. The van der Waals surface area contributed by atoms with Gasteiger partial charge < -0.3 is 30.0 Å². The molecule has 0 unspecified atom stereocenters. The fourth-order valence-electron chi connectivity index (χ4n) is 5.44. The lowest BCUT2D eigenvalue weighted by molar-refractivity contribution is 0.0302. The van der Waals surface area contributed by atoms with Crippen molar-refractivity contribution in [3.63, 3.8) is 0 Å². The topological polar surface area (TPSA) is 104 Å². The minimum atomic E-state index is 0.0418. The average Bonchev–Trinajstić information content (AvgIpc) is 3.53. The first-order valence-electron chi connectivity index (χ1n) is 12.7. The molecule has 9 heteroatoms. The van der Waals surface area contributed by atoms with Crippen molar-refractivity contribution in [3.8, 4) is 5.75 Å². The Kier molecular flexibility index (Phi) is 5.93. The van der Waals surface area contributed by atoms with Gasteiger partial charge >= 0.3 is 0 Å². The van der Waals surface area contributed by atoms with Gasteiger partial charge in [-0.05, 0) is 37.5 Å². The van der Waals surface area contributed by atoms with Gasteiger partial charge in [0.1, 0.15) is 17.2 Å². The summed E-state index contributed by atoms with van der Waals surface area (Å²) >= 11 is 0. The van der Waals surface area contributed by atoms with Crippen molar-refractivity contribution in [2.75, 3.05) is 43.5 Å². The molecule has 35 heavy (non-hydrogen) atoms. The molecule has 1 aromatic carbocycles. The van der Waals surface area contributed by atoms with E-state index in [2.05, 4.69) is 22.5 Å². The molecule has 0 bridgehead atoms. The second-order valence-corrected chi connectivity index (χ2v) is 9.67. The molecule has 6 rings (SSSR count). The summed E-state index contributed by atoms with van der Waals surface area (Å²) in [6.07, 6.45) is 8.82. The summed E-state index contributed by atoms with van der Waals surface area (Å²) in [5.41, 5.74) is 4.36. The molecule has 0 radical (unpaired) electrons. The van der Waals surface area contributed by atoms with Crippen LogP contribution < -0.4 is 15.4 Å². The Balaban J connectivity index is 1.31. The molecular formula is C26H32N6O3. The van der Waals surface area contributed by atoms with Crippen LogP contribution in [0.15, 0.2) is 18.3 Å². The van der Waals surface area contributed by atoms with Gasteiger partial charge in [-0.1, -0.05) is 19.3 Å². The molecule has 0 spiro atoms. The maximum absolute atomic E-state index is 13.2. The van der Waals surface area contributed by atoms with Gasteiger partial charge in [0.15, 0.2) is 0 Å². The zero-order chi connectivity index (χ0) is 23.8. The van der Waals surface area contributed by atoms with Crippen molar-refractivity contribution in [3.05, 3.63) is 35.0 Å². The summed E-state index contributed by atoms with van der Waals surface area (Å²) in [6, 6.07) is 4.23. The summed E-state index contributed by atoms with van der Waals surface area (Å²) < 4.78 is 11.4. The van der Waals surface area contributed by atoms with Crippen LogP contribution in [0.5, 0.6) is 5.75 Å². The zero-order valence-corrected chi connectivity index (χ0v) is 20.2. The highest BCUT2D eigenvalue weighted by molar-refractivity contribution is 5.98. The molecule has 2 fully saturated rings. The molecule has 9 nitrogen and oxygen atoms in total. The summed E-state index contributed by atoms with van der Waals surface area (Å²) in [5, 5.41) is 8.10. The number of rotatable bonds is 5. The number of aromatic nitrogens is 3. The number of anilines is 3. The first-order valence-corrected chi connectivity index (χ1v) is 12.7.